The summed E-state index contributed by atoms with van der Waals surface area (Å²) >= 11 is 7.42. The van der Waals surface area contributed by atoms with E-state index < -0.39 is 0 Å². The molecule has 0 aliphatic carbocycles. The molecule has 0 bridgehead atoms. The summed E-state index contributed by atoms with van der Waals surface area (Å²) in [7, 11) is 0. The second-order valence-corrected chi connectivity index (χ2v) is 9.37. The van der Waals surface area contributed by atoms with Gasteiger partial charge in [-0.15, -0.1) is 9.89 Å². The van der Waals surface area contributed by atoms with Gasteiger partial charge in [-0.2, -0.15) is 0 Å². The highest BCUT2D eigenvalue weighted by Gasteiger charge is 2.19. The molecule has 0 atom stereocenters. The molecule has 1 aromatic heterocycles. The van der Waals surface area contributed by atoms with E-state index in [0.717, 1.165) is 15.7 Å². The number of carbonyl (C=O) groups excluding carboxylic acids is 1. The number of carbonyl (C=O) groups is 1. The largest absolute Gasteiger partial charge is 0.294 e. The van der Waals surface area contributed by atoms with E-state index in [4.69, 9.17) is 11.6 Å². The number of hydrogen-bond donors (Lipinski definition) is 1. The van der Waals surface area contributed by atoms with Gasteiger partial charge in [0, 0.05) is 15.2 Å². The Kier molecular flexibility index (Phi) is 5.58. The fraction of sp³-hybridized carbons (Fsp3) is 0.250. The van der Waals surface area contributed by atoms with E-state index in [-0.39, 0.29) is 22.6 Å². The third kappa shape index (κ3) is 4.90. The van der Waals surface area contributed by atoms with Crippen molar-refractivity contribution in [2.45, 2.75) is 37.0 Å². The van der Waals surface area contributed by atoms with Crippen LogP contribution in [0, 0.1) is 0 Å². The van der Waals surface area contributed by atoms with Gasteiger partial charge in [0.1, 0.15) is 5.03 Å². The first-order valence-corrected chi connectivity index (χ1v) is 9.68. The maximum atomic E-state index is 12.7. The van der Waals surface area contributed by atoms with Crippen molar-refractivity contribution in [2.75, 3.05) is 5.43 Å². The number of fused-ring (bicyclic) bond motifs is 1. The molecule has 0 aliphatic heterocycles. The molecule has 5 nitrogen and oxygen atoms in total. The number of hydrogen-bond acceptors (Lipinski definition) is 4. The van der Waals surface area contributed by atoms with Gasteiger partial charge >= 0.3 is 0 Å². The average molecular weight is 402 g/mol. The Labute approximate surface area is 166 Å². The Morgan fingerprint density at radius 1 is 1.11 bits per heavy atom. The summed E-state index contributed by atoms with van der Waals surface area (Å²) < 4.78 is -0.0919. The van der Waals surface area contributed by atoms with Crippen LogP contribution in [0.2, 0.25) is 5.02 Å². The molecule has 2 aromatic carbocycles. The van der Waals surface area contributed by atoms with Crippen molar-refractivity contribution in [1.29, 1.82) is 0 Å². The Bertz CT molecular complexity index is 1040. The van der Waals surface area contributed by atoms with Crippen LogP contribution in [0.3, 0.4) is 0 Å². The summed E-state index contributed by atoms with van der Waals surface area (Å²) in [5.41, 5.74) is 3.05. The summed E-state index contributed by atoms with van der Waals surface area (Å²) in [6.45, 7) is 6.22. The molecule has 0 aliphatic rings. The van der Waals surface area contributed by atoms with E-state index >= 15 is 0 Å². The van der Waals surface area contributed by atoms with Crippen molar-refractivity contribution in [3.63, 3.8) is 0 Å². The van der Waals surface area contributed by atoms with Gasteiger partial charge in [-0.1, -0.05) is 74.5 Å². The van der Waals surface area contributed by atoms with Gasteiger partial charge in [0.2, 0.25) is 5.91 Å². The van der Waals surface area contributed by atoms with Crippen LogP contribution < -0.4 is 11.0 Å². The molecular formula is C20H20ClN3O2S. The van der Waals surface area contributed by atoms with Crippen LogP contribution in [0.25, 0.3) is 10.8 Å². The van der Waals surface area contributed by atoms with Gasteiger partial charge in [0.25, 0.3) is 5.56 Å². The zero-order valence-corrected chi connectivity index (χ0v) is 16.9. The molecule has 0 fully saturated rings. The second-order valence-electron chi connectivity index (χ2n) is 7.12. The number of nitrogens with zero attached hydrogens (tertiary/aromatic N) is 2. The number of nitrogens with one attached hydrogen (secondary N) is 1. The molecule has 3 rings (SSSR count). The van der Waals surface area contributed by atoms with Gasteiger partial charge < -0.3 is 0 Å². The Hall–Kier alpha value is -2.31. The van der Waals surface area contributed by atoms with Gasteiger partial charge in [0.05, 0.1) is 11.8 Å². The van der Waals surface area contributed by atoms with Gasteiger partial charge in [-0.05, 0) is 23.8 Å². The average Bonchev–Trinajstić information content (AvgIpc) is 2.60. The van der Waals surface area contributed by atoms with E-state index in [9.17, 15) is 9.59 Å². The standard InChI is InChI=1S/C20H20ClN3O2S/c1-20(2,3)27-18-15-6-4-5-7-16(15)19(26)24(23-18)22-17(25)12-13-8-10-14(21)11-9-13/h4-11H,12H2,1-3H3,(H,22,25). The fourth-order valence-electron chi connectivity index (χ4n) is 2.55. The molecule has 1 heterocycles. The molecule has 7 heteroatoms. The molecule has 27 heavy (non-hydrogen) atoms. The molecule has 0 saturated heterocycles. The lowest BCUT2D eigenvalue weighted by Gasteiger charge is -2.19. The number of halogens is 1. The molecule has 0 saturated carbocycles. The summed E-state index contributed by atoms with van der Waals surface area (Å²) in [6, 6.07) is 14.3. The first kappa shape index (κ1) is 19.5. The van der Waals surface area contributed by atoms with Crippen LogP contribution in [0.5, 0.6) is 0 Å². The monoisotopic (exact) mass is 401 g/mol. The molecule has 1 N–H and O–H groups in total. The van der Waals surface area contributed by atoms with Crippen LogP contribution in [0.4, 0.5) is 0 Å². The highest BCUT2D eigenvalue weighted by molar-refractivity contribution is 8.00. The van der Waals surface area contributed by atoms with Crippen molar-refractivity contribution in [3.8, 4) is 0 Å². The molecule has 1 amide bonds. The van der Waals surface area contributed by atoms with E-state index in [2.05, 4.69) is 31.3 Å². The quantitative estimate of drug-likeness (QED) is 0.663. The van der Waals surface area contributed by atoms with Crippen LogP contribution in [0.15, 0.2) is 58.4 Å². The number of rotatable bonds is 4. The predicted octanol–water partition coefficient (Wildman–Crippen LogP) is 4.25. The van der Waals surface area contributed by atoms with Crippen molar-refractivity contribution in [3.05, 3.63) is 69.5 Å². The number of amides is 1. The molecule has 3 aromatic rings. The topological polar surface area (TPSA) is 64.0 Å². The Morgan fingerprint density at radius 2 is 1.74 bits per heavy atom. The smallest absolute Gasteiger partial charge is 0.273 e. The Balaban J connectivity index is 1.93. The third-order valence-corrected chi connectivity index (χ3v) is 5.04. The summed E-state index contributed by atoms with van der Waals surface area (Å²) in [6.07, 6.45) is 0.125. The molecule has 140 valence electrons. The number of thioether (sulfide) groups is 1. The van der Waals surface area contributed by atoms with E-state index in [1.165, 1.54) is 0 Å². The first-order chi connectivity index (χ1) is 12.7. The van der Waals surface area contributed by atoms with E-state index in [1.807, 2.05) is 12.1 Å². The lowest BCUT2D eigenvalue weighted by molar-refractivity contribution is -0.116. The summed E-state index contributed by atoms with van der Waals surface area (Å²) in [5, 5.41) is 7.00. The zero-order chi connectivity index (χ0) is 19.6. The second kappa shape index (κ2) is 7.74. The minimum atomic E-state index is -0.353. The van der Waals surface area contributed by atoms with E-state index in [0.29, 0.717) is 15.4 Å². The van der Waals surface area contributed by atoms with Crippen molar-refractivity contribution in [1.82, 2.24) is 9.89 Å². The molecule has 0 unspecified atom stereocenters. The maximum absolute atomic E-state index is 12.7. The number of benzene rings is 2. The van der Waals surface area contributed by atoms with E-state index in [1.54, 1.807) is 48.2 Å². The Morgan fingerprint density at radius 3 is 2.37 bits per heavy atom. The van der Waals surface area contributed by atoms with Gasteiger partial charge in [-0.25, -0.2) is 5.43 Å². The predicted molar refractivity (Wildman–Crippen MR) is 111 cm³/mol. The minimum absolute atomic E-state index is 0.0919. The SMILES string of the molecule is CC(C)(C)Sc1nn(NC(=O)Cc2ccc(Cl)cc2)c(=O)c2ccccc12. The maximum Gasteiger partial charge on any atom is 0.294 e. The molecule has 0 radical (unpaired) electrons. The third-order valence-electron chi connectivity index (χ3n) is 3.68. The van der Waals surface area contributed by atoms with Gasteiger partial charge in [-0.3, -0.25) is 9.59 Å². The minimum Gasteiger partial charge on any atom is -0.273 e. The van der Waals surface area contributed by atoms with Gasteiger partial charge in [0.15, 0.2) is 0 Å². The highest BCUT2D eigenvalue weighted by Crippen LogP contribution is 2.33. The van der Waals surface area contributed by atoms with Crippen LogP contribution in [-0.4, -0.2) is 20.5 Å². The zero-order valence-electron chi connectivity index (χ0n) is 15.3. The lowest BCUT2D eigenvalue weighted by Crippen LogP contribution is -2.36. The van der Waals surface area contributed by atoms with Crippen LogP contribution in [-0.2, 0) is 11.2 Å². The normalized spacial score (nSPS) is 11.6. The number of aromatic nitrogens is 2. The van der Waals surface area contributed by atoms with Crippen LogP contribution in [0.1, 0.15) is 26.3 Å². The fourth-order valence-corrected chi connectivity index (χ4v) is 3.66. The molecule has 0 spiro atoms. The summed E-state index contributed by atoms with van der Waals surface area (Å²) in [4.78, 5) is 26.2. The van der Waals surface area contributed by atoms with Crippen LogP contribution >= 0.6 is 23.4 Å². The first-order valence-electron chi connectivity index (χ1n) is 8.48. The van der Waals surface area contributed by atoms with Crippen molar-refractivity contribution in [2.24, 2.45) is 0 Å². The highest BCUT2D eigenvalue weighted by atomic mass is 35.5. The lowest BCUT2D eigenvalue weighted by atomic mass is 10.1. The van der Waals surface area contributed by atoms with Crippen molar-refractivity contribution < 1.29 is 4.79 Å². The summed E-state index contributed by atoms with van der Waals surface area (Å²) in [5.74, 6) is -0.325. The molecular weight excluding hydrogens is 382 g/mol. The van der Waals surface area contributed by atoms with Crippen molar-refractivity contribution >= 4 is 40.0 Å².